The van der Waals surface area contributed by atoms with Crippen molar-refractivity contribution in [2.45, 2.75) is 13.8 Å². The fourth-order valence-corrected chi connectivity index (χ4v) is 2.10. The van der Waals surface area contributed by atoms with Crippen LogP contribution in [0, 0.1) is 6.92 Å². The maximum atomic E-state index is 12.0. The summed E-state index contributed by atoms with van der Waals surface area (Å²) in [7, 11) is 0. The van der Waals surface area contributed by atoms with Gasteiger partial charge >= 0.3 is 0 Å². The van der Waals surface area contributed by atoms with Gasteiger partial charge in [0.25, 0.3) is 5.91 Å². The van der Waals surface area contributed by atoms with E-state index in [9.17, 15) is 4.79 Å². The molecular formula is C10H15N3O2S. The molecule has 6 heteroatoms. The fraction of sp³-hybridized carbons (Fsp3) is 0.400. The predicted molar refractivity (Wildman–Crippen MR) is 64.0 cm³/mol. The lowest BCUT2D eigenvalue weighted by atomic mass is 10.3. The maximum absolute atomic E-state index is 12.0. The van der Waals surface area contributed by atoms with Crippen LogP contribution < -0.4 is 5.73 Å². The molecule has 88 valence electrons. The van der Waals surface area contributed by atoms with E-state index in [0.717, 1.165) is 4.88 Å². The number of amidine groups is 1. The first-order valence-corrected chi connectivity index (χ1v) is 5.72. The fourth-order valence-electron chi connectivity index (χ4n) is 1.26. The van der Waals surface area contributed by atoms with E-state index in [-0.39, 0.29) is 18.3 Å². The van der Waals surface area contributed by atoms with E-state index in [1.807, 2.05) is 19.9 Å². The first kappa shape index (κ1) is 12.5. The zero-order chi connectivity index (χ0) is 12.1. The van der Waals surface area contributed by atoms with Crippen LogP contribution in [0.1, 0.15) is 21.5 Å². The zero-order valence-corrected chi connectivity index (χ0v) is 10.1. The van der Waals surface area contributed by atoms with Crippen LogP contribution in [0.4, 0.5) is 0 Å². The third-order valence-corrected chi connectivity index (χ3v) is 3.09. The second-order valence-corrected chi connectivity index (χ2v) is 4.61. The molecule has 1 rings (SSSR count). The molecule has 0 aliphatic carbocycles. The number of nitrogens with zero attached hydrogens (tertiary/aromatic N) is 2. The number of aryl methyl sites for hydroxylation is 1. The lowest BCUT2D eigenvalue weighted by Crippen LogP contribution is -2.38. The smallest absolute Gasteiger partial charge is 0.264 e. The molecule has 0 spiro atoms. The summed E-state index contributed by atoms with van der Waals surface area (Å²) in [6, 6.07) is 3.69. The number of carbonyl (C=O) groups is 1. The highest BCUT2D eigenvalue weighted by molar-refractivity contribution is 7.13. The highest BCUT2D eigenvalue weighted by Gasteiger charge is 2.16. The Bertz CT molecular complexity index is 401. The van der Waals surface area contributed by atoms with Crippen molar-refractivity contribution in [2.24, 2.45) is 10.9 Å². The molecule has 0 radical (unpaired) electrons. The second-order valence-electron chi connectivity index (χ2n) is 3.32. The van der Waals surface area contributed by atoms with Crippen LogP contribution in [0.15, 0.2) is 17.3 Å². The van der Waals surface area contributed by atoms with Gasteiger partial charge < -0.3 is 15.8 Å². The minimum atomic E-state index is -0.0906. The molecule has 0 saturated heterocycles. The highest BCUT2D eigenvalue weighted by Crippen LogP contribution is 2.16. The summed E-state index contributed by atoms with van der Waals surface area (Å²) in [5.74, 6) is -0.0596. The summed E-state index contributed by atoms with van der Waals surface area (Å²) in [5.41, 5.74) is 5.38. The van der Waals surface area contributed by atoms with E-state index in [1.165, 1.54) is 16.2 Å². The Morgan fingerprint density at radius 1 is 1.62 bits per heavy atom. The number of amides is 1. The highest BCUT2D eigenvalue weighted by atomic mass is 32.1. The van der Waals surface area contributed by atoms with Gasteiger partial charge in [-0.25, -0.2) is 0 Å². The summed E-state index contributed by atoms with van der Waals surface area (Å²) in [6.45, 7) is 4.46. The number of likely N-dealkylation sites (N-methyl/N-ethyl adjacent to an activating group) is 1. The van der Waals surface area contributed by atoms with E-state index in [1.54, 1.807) is 6.07 Å². The van der Waals surface area contributed by atoms with Gasteiger partial charge in [0.2, 0.25) is 0 Å². The van der Waals surface area contributed by atoms with Crippen molar-refractivity contribution in [1.29, 1.82) is 0 Å². The number of oxime groups is 1. The van der Waals surface area contributed by atoms with Crippen molar-refractivity contribution < 1.29 is 10.0 Å². The van der Waals surface area contributed by atoms with Crippen LogP contribution in [-0.2, 0) is 0 Å². The summed E-state index contributed by atoms with van der Waals surface area (Å²) in [5, 5.41) is 11.3. The van der Waals surface area contributed by atoms with Crippen LogP contribution in [-0.4, -0.2) is 34.9 Å². The summed E-state index contributed by atoms with van der Waals surface area (Å²) in [6.07, 6.45) is 0. The molecular weight excluding hydrogens is 226 g/mol. The Morgan fingerprint density at radius 2 is 2.31 bits per heavy atom. The number of hydrogen-bond donors (Lipinski definition) is 2. The van der Waals surface area contributed by atoms with Gasteiger partial charge in [-0.15, -0.1) is 11.3 Å². The second kappa shape index (κ2) is 5.50. The molecule has 0 fully saturated rings. The van der Waals surface area contributed by atoms with Crippen LogP contribution in [0.2, 0.25) is 0 Å². The number of carbonyl (C=O) groups excluding carboxylic acids is 1. The van der Waals surface area contributed by atoms with Crippen molar-refractivity contribution in [2.75, 3.05) is 13.1 Å². The molecule has 0 aliphatic rings. The minimum Gasteiger partial charge on any atom is -0.409 e. The van der Waals surface area contributed by atoms with Crippen LogP contribution in [0.25, 0.3) is 0 Å². The molecule has 5 nitrogen and oxygen atoms in total. The third kappa shape index (κ3) is 2.96. The molecule has 0 atom stereocenters. The number of thiophene rings is 1. The van der Waals surface area contributed by atoms with Gasteiger partial charge in [-0.3, -0.25) is 4.79 Å². The Morgan fingerprint density at radius 3 is 2.75 bits per heavy atom. The Kier molecular flexibility index (Phi) is 4.30. The quantitative estimate of drug-likeness (QED) is 0.360. The number of nitrogens with two attached hydrogens (primary N) is 1. The molecule has 0 aliphatic heterocycles. The SMILES string of the molecule is CCN(CC(N)=NO)C(=O)c1ccc(C)s1. The lowest BCUT2D eigenvalue weighted by molar-refractivity contribution is 0.0791. The van der Waals surface area contributed by atoms with Gasteiger partial charge in [0, 0.05) is 11.4 Å². The van der Waals surface area contributed by atoms with Crippen molar-refractivity contribution in [3.8, 4) is 0 Å². The third-order valence-electron chi connectivity index (χ3n) is 2.10. The molecule has 0 unspecified atom stereocenters. The predicted octanol–water partition coefficient (Wildman–Crippen LogP) is 1.27. The lowest BCUT2D eigenvalue weighted by Gasteiger charge is -2.18. The van der Waals surface area contributed by atoms with Gasteiger partial charge in [-0.1, -0.05) is 5.16 Å². The molecule has 0 saturated carbocycles. The van der Waals surface area contributed by atoms with Gasteiger partial charge in [0.05, 0.1) is 11.4 Å². The first-order valence-electron chi connectivity index (χ1n) is 4.90. The molecule has 0 bridgehead atoms. The maximum Gasteiger partial charge on any atom is 0.264 e. The van der Waals surface area contributed by atoms with Crippen molar-refractivity contribution in [1.82, 2.24) is 4.90 Å². The molecule has 1 heterocycles. The van der Waals surface area contributed by atoms with Crippen molar-refractivity contribution in [3.63, 3.8) is 0 Å². The van der Waals surface area contributed by atoms with E-state index < -0.39 is 0 Å². The largest absolute Gasteiger partial charge is 0.409 e. The van der Waals surface area contributed by atoms with Crippen molar-refractivity contribution >= 4 is 23.1 Å². The van der Waals surface area contributed by atoms with E-state index in [0.29, 0.717) is 11.4 Å². The van der Waals surface area contributed by atoms with E-state index >= 15 is 0 Å². The monoisotopic (exact) mass is 241 g/mol. The van der Waals surface area contributed by atoms with Crippen molar-refractivity contribution in [3.05, 3.63) is 21.9 Å². The van der Waals surface area contributed by atoms with E-state index in [4.69, 9.17) is 10.9 Å². The topological polar surface area (TPSA) is 78.9 Å². The molecule has 16 heavy (non-hydrogen) atoms. The summed E-state index contributed by atoms with van der Waals surface area (Å²) >= 11 is 1.44. The standard InChI is InChI=1S/C10H15N3O2S/c1-3-13(6-9(11)12-15)10(14)8-5-4-7(2)16-8/h4-5,15H,3,6H2,1-2H3,(H2,11,12). The average molecular weight is 241 g/mol. The molecule has 0 aromatic carbocycles. The van der Waals surface area contributed by atoms with Gasteiger partial charge in [-0.05, 0) is 26.0 Å². The minimum absolute atomic E-state index is 0.0310. The zero-order valence-electron chi connectivity index (χ0n) is 9.30. The Labute approximate surface area is 98.2 Å². The van der Waals surface area contributed by atoms with E-state index in [2.05, 4.69) is 5.16 Å². The molecule has 1 aromatic heterocycles. The molecule has 1 aromatic rings. The summed E-state index contributed by atoms with van der Waals surface area (Å²) < 4.78 is 0. The normalized spacial score (nSPS) is 11.5. The van der Waals surface area contributed by atoms with Crippen LogP contribution in [0.5, 0.6) is 0 Å². The molecule has 1 amide bonds. The van der Waals surface area contributed by atoms with Crippen LogP contribution in [0.3, 0.4) is 0 Å². The number of hydrogen-bond acceptors (Lipinski definition) is 4. The Balaban J connectivity index is 2.77. The van der Waals surface area contributed by atoms with Crippen LogP contribution >= 0.6 is 11.3 Å². The summed E-state index contributed by atoms with van der Waals surface area (Å²) in [4.78, 5) is 15.3. The van der Waals surface area contributed by atoms with Gasteiger partial charge in [-0.2, -0.15) is 0 Å². The first-order chi connectivity index (χ1) is 7.58. The molecule has 3 N–H and O–H groups in total. The number of rotatable bonds is 4. The van der Waals surface area contributed by atoms with Gasteiger partial charge in [0.1, 0.15) is 0 Å². The average Bonchev–Trinajstić information content (AvgIpc) is 2.71. The Hall–Kier alpha value is -1.56. The van der Waals surface area contributed by atoms with Gasteiger partial charge in [0.15, 0.2) is 5.84 Å².